The summed E-state index contributed by atoms with van der Waals surface area (Å²) in [7, 11) is 0. The third-order valence-electron chi connectivity index (χ3n) is 5.60. The average Bonchev–Trinajstić information content (AvgIpc) is 2.60. The summed E-state index contributed by atoms with van der Waals surface area (Å²) < 4.78 is 0. The lowest BCUT2D eigenvalue weighted by molar-refractivity contribution is -0.0444. The van der Waals surface area contributed by atoms with Crippen molar-refractivity contribution in [1.82, 2.24) is 9.88 Å². The Balaban J connectivity index is 1.69. The van der Waals surface area contributed by atoms with Gasteiger partial charge in [-0.3, -0.25) is 9.88 Å². The number of hydrogen-bond acceptors (Lipinski definition) is 4. The van der Waals surface area contributed by atoms with Gasteiger partial charge in [-0.1, -0.05) is 6.08 Å². The monoisotopic (exact) mass is 310 g/mol. The highest BCUT2D eigenvalue weighted by atomic mass is 16.3. The molecule has 0 saturated carbocycles. The molecule has 0 radical (unpaired) electrons. The van der Waals surface area contributed by atoms with Gasteiger partial charge in [-0.2, -0.15) is 0 Å². The molecule has 2 aromatic rings. The van der Waals surface area contributed by atoms with Crippen LogP contribution in [-0.2, 0) is 0 Å². The van der Waals surface area contributed by atoms with Crippen molar-refractivity contribution in [2.75, 3.05) is 13.1 Å². The van der Waals surface area contributed by atoms with E-state index in [1.165, 1.54) is 6.42 Å². The van der Waals surface area contributed by atoms with E-state index in [0.717, 1.165) is 36.0 Å². The molecule has 4 heteroatoms. The highest BCUT2D eigenvalue weighted by Gasteiger charge is 2.42. The zero-order valence-corrected chi connectivity index (χ0v) is 13.1. The standard InChI is InChI=1S/C19H22N2O2/c1-2-12-11-21-8-6-13(12)9-18(21)19(23)15-5-7-20-17-4-3-14(22)10-16(15)17/h2-5,7,10,12-13,18-19,22-23H,1,6,8-9,11H2/t12?,13-,18+,19-/m0/s1. The van der Waals surface area contributed by atoms with Gasteiger partial charge in [0.05, 0.1) is 11.6 Å². The predicted octanol–water partition coefficient (Wildman–Crippen LogP) is 2.87. The van der Waals surface area contributed by atoms with E-state index in [2.05, 4.69) is 22.5 Å². The van der Waals surface area contributed by atoms with E-state index in [9.17, 15) is 10.2 Å². The minimum atomic E-state index is -0.559. The Hall–Kier alpha value is -1.91. The number of rotatable bonds is 3. The number of hydrogen-bond donors (Lipinski definition) is 2. The fourth-order valence-corrected chi connectivity index (χ4v) is 4.33. The summed E-state index contributed by atoms with van der Waals surface area (Å²) in [5.74, 6) is 1.38. The van der Waals surface area contributed by atoms with E-state index in [-0.39, 0.29) is 11.8 Å². The first-order chi connectivity index (χ1) is 11.2. The van der Waals surface area contributed by atoms with Gasteiger partial charge in [0.25, 0.3) is 0 Å². The molecule has 5 atom stereocenters. The largest absolute Gasteiger partial charge is 0.508 e. The molecule has 0 amide bonds. The third-order valence-corrected chi connectivity index (χ3v) is 5.60. The van der Waals surface area contributed by atoms with Gasteiger partial charge in [0.1, 0.15) is 5.75 Å². The summed E-state index contributed by atoms with van der Waals surface area (Å²) in [6, 6.07) is 7.14. The first-order valence-corrected chi connectivity index (χ1v) is 8.29. The fraction of sp³-hybridized carbons (Fsp3) is 0.421. The lowest BCUT2D eigenvalue weighted by atomic mass is 9.73. The predicted molar refractivity (Wildman–Crippen MR) is 90.1 cm³/mol. The molecule has 0 spiro atoms. The maximum Gasteiger partial charge on any atom is 0.116 e. The SMILES string of the molecule is C=CC1CN2CC[C@H]1C[C@@H]2[C@@H](O)c1ccnc2ccc(O)cc12. The first kappa shape index (κ1) is 14.7. The molecule has 4 heterocycles. The molecule has 4 nitrogen and oxygen atoms in total. The fourth-order valence-electron chi connectivity index (χ4n) is 4.33. The Kier molecular flexibility index (Phi) is 3.58. The van der Waals surface area contributed by atoms with Crippen LogP contribution in [-0.4, -0.2) is 39.2 Å². The molecule has 1 aromatic carbocycles. The Labute approximate surface area is 136 Å². The minimum absolute atomic E-state index is 0.137. The number of benzene rings is 1. The Morgan fingerprint density at radius 2 is 2.22 bits per heavy atom. The highest BCUT2D eigenvalue weighted by molar-refractivity contribution is 5.83. The number of pyridine rings is 1. The molecule has 3 saturated heterocycles. The van der Waals surface area contributed by atoms with Gasteiger partial charge in [-0.15, -0.1) is 6.58 Å². The van der Waals surface area contributed by atoms with Crippen LogP contribution in [0.15, 0.2) is 43.1 Å². The molecule has 2 bridgehead atoms. The second kappa shape index (κ2) is 5.62. The van der Waals surface area contributed by atoms with Crippen LogP contribution in [0.2, 0.25) is 0 Å². The molecule has 0 aliphatic carbocycles. The second-order valence-corrected chi connectivity index (χ2v) is 6.79. The molecule has 3 fully saturated rings. The number of piperidine rings is 3. The summed E-state index contributed by atoms with van der Waals surface area (Å²) in [4.78, 5) is 6.73. The zero-order valence-electron chi connectivity index (χ0n) is 13.1. The summed E-state index contributed by atoms with van der Waals surface area (Å²) in [5, 5.41) is 21.7. The number of phenolic OH excluding ortho intramolecular Hbond substituents is 1. The van der Waals surface area contributed by atoms with E-state index in [1.54, 1.807) is 24.4 Å². The number of aliphatic hydroxyl groups excluding tert-OH is 1. The first-order valence-electron chi connectivity index (χ1n) is 8.29. The van der Waals surface area contributed by atoms with Crippen LogP contribution in [0.1, 0.15) is 24.5 Å². The molecule has 2 unspecified atom stereocenters. The maximum absolute atomic E-state index is 11.0. The Morgan fingerprint density at radius 1 is 1.35 bits per heavy atom. The van der Waals surface area contributed by atoms with Crippen molar-refractivity contribution >= 4 is 10.9 Å². The van der Waals surface area contributed by atoms with Crippen molar-refractivity contribution < 1.29 is 10.2 Å². The number of nitrogens with zero attached hydrogens (tertiary/aromatic N) is 2. The molecule has 1 aromatic heterocycles. The molecule has 5 rings (SSSR count). The van der Waals surface area contributed by atoms with Gasteiger partial charge in [-0.05, 0) is 61.1 Å². The van der Waals surface area contributed by atoms with Crippen LogP contribution in [0.5, 0.6) is 5.75 Å². The van der Waals surface area contributed by atoms with Crippen LogP contribution >= 0.6 is 0 Å². The lowest BCUT2D eigenvalue weighted by Gasteiger charge is -2.50. The van der Waals surface area contributed by atoms with Gasteiger partial charge in [0.15, 0.2) is 0 Å². The van der Waals surface area contributed by atoms with Crippen molar-refractivity contribution in [2.24, 2.45) is 11.8 Å². The highest BCUT2D eigenvalue weighted by Crippen LogP contribution is 2.42. The molecule has 3 aliphatic heterocycles. The van der Waals surface area contributed by atoms with E-state index in [1.807, 2.05) is 6.07 Å². The van der Waals surface area contributed by atoms with Crippen molar-refractivity contribution in [3.8, 4) is 5.75 Å². The van der Waals surface area contributed by atoms with Gasteiger partial charge >= 0.3 is 0 Å². The molecule has 120 valence electrons. The minimum Gasteiger partial charge on any atom is -0.508 e. The van der Waals surface area contributed by atoms with E-state index < -0.39 is 6.10 Å². The topological polar surface area (TPSA) is 56.6 Å². The summed E-state index contributed by atoms with van der Waals surface area (Å²) >= 11 is 0. The lowest BCUT2D eigenvalue weighted by Crippen LogP contribution is -2.54. The van der Waals surface area contributed by atoms with E-state index >= 15 is 0 Å². The molecular weight excluding hydrogens is 288 g/mol. The average molecular weight is 310 g/mol. The second-order valence-electron chi connectivity index (χ2n) is 6.79. The van der Waals surface area contributed by atoms with Crippen LogP contribution in [0.25, 0.3) is 10.9 Å². The molecule has 23 heavy (non-hydrogen) atoms. The Bertz CT molecular complexity index is 745. The molecule has 3 aliphatic rings. The van der Waals surface area contributed by atoms with Gasteiger partial charge in [0.2, 0.25) is 0 Å². The summed E-state index contributed by atoms with van der Waals surface area (Å²) in [6.45, 7) is 5.99. The Morgan fingerprint density at radius 3 is 2.96 bits per heavy atom. The third kappa shape index (κ3) is 2.42. The van der Waals surface area contributed by atoms with Crippen molar-refractivity contribution in [2.45, 2.75) is 25.0 Å². The van der Waals surface area contributed by atoms with Crippen LogP contribution in [0, 0.1) is 11.8 Å². The molecule has 2 N–H and O–H groups in total. The van der Waals surface area contributed by atoms with E-state index in [0.29, 0.717) is 11.8 Å². The summed E-state index contributed by atoms with van der Waals surface area (Å²) in [5.41, 5.74) is 1.66. The number of aromatic nitrogens is 1. The number of aliphatic hydroxyl groups is 1. The van der Waals surface area contributed by atoms with Crippen molar-refractivity contribution in [1.29, 1.82) is 0 Å². The zero-order chi connectivity index (χ0) is 16.0. The van der Waals surface area contributed by atoms with Crippen LogP contribution < -0.4 is 0 Å². The van der Waals surface area contributed by atoms with Crippen molar-refractivity contribution in [3.63, 3.8) is 0 Å². The molecular formula is C19H22N2O2. The van der Waals surface area contributed by atoms with Crippen LogP contribution in [0.4, 0.5) is 0 Å². The van der Waals surface area contributed by atoms with Crippen molar-refractivity contribution in [3.05, 3.63) is 48.7 Å². The maximum atomic E-state index is 11.0. The van der Waals surface area contributed by atoms with Crippen LogP contribution in [0.3, 0.4) is 0 Å². The number of aromatic hydroxyl groups is 1. The quantitative estimate of drug-likeness (QED) is 0.856. The van der Waals surface area contributed by atoms with Gasteiger partial charge < -0.3 is 10.2 Å². The summed E-state index contributed by atoms with van der Waals surface area (Å²) in [6.07, 6.45) is 5.44. The van der Waals surface area contributed by atoms with Gasteiger partial charge in [-0.25, -0.2) is 0 Å². The van der Waals surface area contributed by atoms with E-state index in [4.69, 9.17) is 0 Å². The smallest absolute Gasteiger partial charge is 0.116 e. The number of fused-ring (bicyclic) bond motifs is 4. The normalized spacial score (nSPS) is 31.2. The number of phenols is 1. The van der Waals surface area contributed by atoms with Gasteiger partial charge in [0, 0.05) is 24.2 Å².